The van der Waals surface area contributed by atoms with Gasteiger partial charge in [0.25, 0.3) is 5.91 Å². The highest BCUT2D eigenvalue weighted by Gasteiger charge is 2.38. The summed E-state index contributed by atoms with van der Waals surface area (Å²) in [5.41, 5.74) is 3.36. The molecule has 34 heavy (non-hydrogen) atoms. The van der Waals surface area contributed by atoms with Crippen LogP contribution in [0, 0.1) is 13.8 Å². The highest BCUT2D eigenvalue weighted by atomic mass is 32.2. The maximum atomic E-state index is 13.2. The number of nitrogens with zero attached hydrogens (tertiary/aromatic N) is 2. The summed E-state index contributed by atoms with van der Waals surface area (Å²) in [4.78, 5) is 15.0. The van der Waals surface area contributed by atoms with E-state index in [1.54, 1.807) is 22.4 Å². The van der Waals surface area contributed by atoms with Crippen molar-refractivity contribution in [2.24, 2.45) is 0 Å². The highest BCUT2D eigenvalue weighted by Crippen LogP contribution is 2.27. The van der Waals surface area contributed by atoms with Crippen molar-refractivity contribution in [2.75, 3.05) is 26.7 Å². The van der Waals surface area contributed by atoms with Gasteiger partial charge in [-0.05, 0) is 62.9 Å². The van der Waals surface area contributed by atoms with E-state index in [0.717, 1.165) is 24.0 Å². The number of hydrogen-bond donors (Lipinski definition) is 0. The molecule has 2 fully saturated rings. The Hall–Kier alpha value is -2.42. The molecule has 2 aliphatic rings. The normalized spacial score (nSPS) is 23.4. The fraction of sp³-hybridized carbons (Fsp3) is 0.500. The van der Waals surface area contributed by atoms with Gasteiger partial charge in [-0.3, -0.25) is 4.79 Å². The van der Waals surface area contributed by atoms with Crippen molar-refractivity contribution < 1.29 is 22.7 Å². The predicted molar refractivity (Wildman–Crippen MR) is 132 cm³/mol. The summed E-state index contributed by atoms with van der Waals surface area (Å²) in [6.07, 6.45) is 1.19. The lowest BCUT2D eigenvalue weighted by Crippen LogP contribution is -2.34. The molecule has 0 N–H and O–H groups in total. The average Bonchev–Trinajstić information content (AvgIpc) is 3.41. The molecule has 0 saturated carbocycles. The van der Waals surface area contributed by atoms with Crippen molar-refractivity contribution in [3.8, 4) is 5.75 Å². The van der Waals surface area contributed by atoms with Crippen molar-refractivity contribution in [3.05, 3.63) is 64.7 Å². The molecule has 8 heteroatoms. The van der Waals surface area contributed by atoms with Gasteiger partial charge in [-0.25, -0.2) is 8.42 Å². The van der Waals surface area contributed by atoms with Gasteiger partial charge in [-0.1, -0.05) is 29.8 Å². The Balaban J connectivity index is 1.46. The number of carbonyl (C=O) groups excluding carboxylic acids is 1. The second-order valence-corrected chi connectivity index (χ2v) is 11.4. The zero-order chi connectivity index (χ0) is 24.5. The first-order valence-electron chi connectivity index (χ1n) is 11.8. The van der Waals surface area contributed by atoms with Gasteiger partial charge in [0.05, 0.1) is 18.8 Å². The van der Waals surface area contributed by atoms with Gasteiger partial charge in [-0.2, -0.15) is 4.31 Å². The molecule has 2 heterocycles. The monoisotopic (exact) mass is 486 g/mol. The Labute approximate surface area is 202 Å². The molecule has 4 rings (SSSR count). The Morgan fingerprint density at radius 1 is 1.09 bits per heavy atom. The summed E-state index contributed by atoms with van der Waals surface area (Å²) in [7, 11) is -1.76. The third-order valence-corrected chi connectivity index (χ3v) is 8.77. The molecule has 1 amide bonds. The maximum absolute atomic E-state index is 13.2. The molecule has 7 nitrogen and oxygen atoms in total. The van der Waals surface area contributed by atoms with E-state index in [-0.39, 0.29) is 29.9 Å². The van der Waals surface area contributed by atoms with E-state index in [2.05, 4.69) is 0 Å². The number of amides is 1. The molecular formula is C26H34N2O5S. The molecule has 2 saturated heterocycles. The summed E-state index contributed by atoms with van der Waals surface area (Å²) in [6, 6.07) is 13.1. The van der Waals surface area contributed by atoms with Gasteiger partial charge >= 0.3 is 0 Å². The van der Waals surface area contributed by atoms with Gasteiger partial charge in [0.1, 0.15) is 18.0 Å². The molecule has 2 aliphatic heterocycles. The molecular weight excluding hydrogens is 452 g/mol. The Morgan fingerprint density at radius 2 is 1.85 bits per heavy atom. The minimum absolute atomic E-state index is 0.0334. The number of benzene rings is 2. The first kappa shape index (κ1) is 24.7. The second-order valence-electron chi connectivity index (χ2n) is 9.46. The molecule has 0 aliphatic carbocycles. The Kier molecular flexibility index (Phi) is 7.31. The minimum atomic E-state index is -3.38. The smallest absolute Gasteiger partial charge is 0.254 e. The summed E-state index contributed by atoms with van der Waals surface area (Å²) in [5, 5.41) is 0. The number of rotatable bonds is 7. The Bertz CT molecular complexity index is 1150. The molecule has 3 unspecified atom stereocenters. The van der Waals surface area contributed by atoms with Crippen LogP contribution in [0.15, 0.2) is 42.5 Å². The third kappa shape index (κ3) is 5.29. The molecule has 0 bridgehead atoms. The van der Waals surface area contributed by atoms with E-state index in [4.69, 9.17) is 9.47 Å². The van der Waals surface area contributed by atoms with Crippen LogP contribution in [0.3, 0.4) is 0 Å². The maximum Gasteiger partial charge on any atom is 0.254 e. The van der Waals surface area contributed by atoms with Crippen LogP contribution in [0.4, 0.5) is 0 Å². The second kappa shape index (κ2) is 10.1. The van der Waals surface area contributed by atoms with Crippen LogP contribution < -0.4 is 4.74 Å². The van der Waals surface area contributed by atoms with Crippen LogP contribution in [0.5, 0.6) is 5.75 Å². The zero-order valence-electron chi connectivity index (χ0n) is 20.4. The summed E-state index contributed by atoms with van der Waals surface area (Å²) >= 11 is 0. The van der Waals surface area contributed by atoms with E-state index >= 15 is 0 Å². The standard InChI is InChI=1S/C26H34N2O5S/c1-18-10-11-19(2)23(13-18)26(29)27-15-24(32-4)25(16-27)33-22-9-5-8-21(14-22)17-34(30,31)28-12-6-7-20(28)3/h5,8-11,13-14,20,24-25H,6-7,12,15-17H2,1-4H3. The summed E-state index contributed by atoms with van der Waals surface area (Å²) < 4.78 is 39.2. The predicted octanol–water partition coefficient (Wildman–Crippen LogP) is 3.54. The topological polar surface area (TPSA) is 76.1 Å². The lowest BCUT2D eigenvalue weighted by molar-refractivity contribution is 0.0339. The lowest BCUT2D eigenvalue weighted by atomic mass is 10.0. The number of aryl methyl sites for hydroxylation is 2. The minimum Gasteiger partial charge on any atom is -0.486 e. The number of ether oxygens (including phenoxy) is 2. The summed E-state index contributed by atoms with van der Waals surface area (Å²) in [6.45, 7) is 7.30. The molecule has 2 aromatic rings. The van der Waals surface area contributed by atoms with Gasteiger partial charge < -0.3 is 14.4 Å². The van der Waals surface area contributed by atoms with Gasteiger partial charge in [0.15, 0.2) is 0 Å². The fourth-order valence-corrected chi connectivity index (χ4v) is 6.71. The van der Waals surface area contributed by atoms with Crippen molar-refractivity contribution >= 4 is 15.9 Å². The van der Waals surface area contributed by atoms with E-state index < -0.39 is 10.0 Å². The fourth-order valence-electron chi connectivity index (χ4n) is 4.88. The lowest BCUT2D eigenvalue weighted by Gasteiger charge is -2.22. The molecule has 0 aromatic heterocycles. The van der Waals surface area contributed by atoms with E-state index in [1.165, 1.54) is 0 Å². The van der Waals surface area contributed by atoms with E-state index in [0.29, 0.717) is 36.5 Å². The molecule has 2 aromatic carbocycles. The van der Waals surface area contributed by atoms with Crippen LogP contribution in [-0.4, -0.2) is 68.5 Å². The number of carbonyl (C=O) groups is 1. The van der Waals surface area contributed by atoms with E-state index in [9.17, 15) is 13.2 Å². The van der Waals surface area contributed by atoms with Gasteiger partial charge in [0, 0.05) is 25.3 Å². The van der Waals surface area contributed by atoms with Crippen LogP contribution in [-0.2, 0) is 20.5 Å². The van der Waals surface area contributed by atoms with Crippen molar-refractivity contribution in [1.82, 2.24) is 9.21 Å². The first-order valence-corrected chi connectivity index (χ1v) is 13.4. The van der Waals surface area contributed by atoms with Crippen LogP contribution in [0.2, 0.25) is 0 Å². The number of likely N-dealkylation sites (tertiary alicyclic amines) is 1. The average molecular weight is 487 g/mol. The molecule has 184 valence electrons. The third-order valence-electron chi connectivity index (χ3n) is 6.81. The largest absolute Gasteiger partial charge is 0.486 e. The SMILES string of the molecule is COC1CN(C(=O)c2cc(C)ccc2C)CC1Oc1cccc(CS(=O)(=O)N2CCCC2C)c1. The quantitative estimate of drug-likeness (QED) is 0.598. The van der Waals surface area contributed by atoms with Gasteiger partial charge in [0.2, 0.25) is 10.0 Å². The number of methoxy groups -OCH3 is 1. The Morgan fingerprint density at radius 3 is 2.56 bits per heavy atom. The molecule has 3 atom stereocenters. The molecule has 0 spiro atoms. The van der Waals surface area contributed by atoms with Crippen molar-refractivity contribution in [1.29, 1.82) is 0 Å². The number of sulfonamides is 1. The number of hydrogen-bond acceptors (Lipinski definition) is 5. The van der Waals surface area contributed by atoms with Crippen molar-refractivity contribution in [3.63, 3.8) is 0 Å². The van der Waals surface area contributed by atoms with Crippen LogP contribution >= 0.6 is 0 Å². The van der Waals surface area contributed by atoms with Crippen LogP contribution in [0.1, 0.15) is 46.8 Å². The van der Waals surface area contributed by atoms with E-state index in [1.807, 2.05) is 57.2 Å². The van der Waals surface area contributed by atoms with Crippen LogP contribution in [0.25, 0.3) is 0 Å². The van der Waals surface area contributed by atoms with Crippen molar-refractivity contribution in [2.45, 2.75) is 57.6 Å². The molecule has 0 radical (unpaired) electrons. The summed E-state index contributed by atoms with van der Waals surface area (Å²) in [5.74, 6) is 0.494. The zero-order valence-corrected chi connectivity index (χ0v) is 21.2. The van der Waals surface area contributed by atoms with Gasteiger partial charge in [-0.15, -0.1) is 0 Å². The highest BCUT2D eigenvalue weighted by molar-refractivity contribution is 7.88. The first-order chi connectivity index (χ1) is 16.2.